The topological polar surface area (TPSA) is 45.2 Å². The third-order valence-corrected chi connectivity index (χ3v) is 6.89. The number of piperidine rings is 1. The summed E-state index contributed by atoms with van der Waals surface area (Å²) in [5.41, 5.74) is 1.32. The zero-order valence-electron chi connectivity index (χ0n) is 14.5. The smallest absolute Gasteiger partial charge is 0.226 e. The highest BCUT2D eigenvalue weighted by molar-refractivity contribution is 7.18. The van der Waals surface area contributed by atoms with Gasteiger partial charge >= 0.3 is 0 Å². The van der Waals surface area contributed by atoms with E-state index in [1.165, 1.54) is 4.70 Å². The highest BCUT2D eigenvalue weighted by Crippen LogP contribution is 2.59. The number of carbonyl (C=O) groups excluding carboxylic acids is 1. The molecule has 1 amide bonds. The molecule has 2 fully saturated rings. The summed E-state index contributed by atoms with van der Waals surface area (Å²) in [6.07, 6.45) is 3.37. The molecule has 1 aromatic carbocycles. The number of nitrogens with zero attached hydrogens (tertiary/aromatic N) is 2. The fourth-order valence-electron chi connectivity index (χ4n) is 3.85. The van der Waals surface area contributed by atoms with Crippen molar-refractivity contribution in [2.75, 3.05) is 20.1 Å². The minimum atomic E-state index is 0. The summed E-state index contributed by atoms with van der Waals surface area (Å²) in [4.78, 5) is 19.5. The molecule has 1 saturated carbocycles. The van der Waals surface area contributed by atoms with E-state index in [9.17, 15) is 4.79 Å². The molecule has 2 heterocycles. The minimum Gasteiger partial charge on any atom is -0.336 e. The van der Waals surface area contributed by atoms with Gasteiger partial charge in [0.1, 0.15) is 5.01 Å². The number of thiazole rings is 1. The first-order valence-corrected chi connectivity index (χ1v) is 9.25. The molecule has 1 aromatic heterocycles. The lowest BCUT2D eigenvalue weighted by molar-refractivity contribution is -0.134. The molecule has 4 rings (SSSR count). The van der Waals surface area contributed by atoms with E-state index in [0.29, 0.717) is 11.3 Å². The molecule has 2 unspecified atom stereocenters. The Balaban J connectivity index is 0.00000113. The van der Waals surface area contributed by atoms with Crippen molar-refractivity contribution in [2.24, 2.45) is 11.3 Å². The van der Waals surface area contributed by atoms with Gasteiger partial charge in [-0.25, -0.2) is 4.98 Å². The Morgan fingerprint density at radius 1 is 1.32 bits per heavy atom. The van der Waals surface area contributed by atoms with E-state index in [0.717, 1.165) is 42.9 Å². The average molecular weight is 402 g/mol. The second-order valence-corrected chi connectivity index (χ2v) is 8.08. The maximum atomic E-state index is 12.9. The molecule has 1 aliphatic carbocycles. The summed E-state index contributed by atoms with van der Waals surface area (Å²) in [6.45, 7) is 4.20. The number of rotatable bonds is 3. The molecular weight excluding hydrogens is 377 g/mol. The van der Waals surface area contributed by atoms with Crippen molar-refractivity contribution in [2.45, 2.75) is 32.2 Å². The standard InChI is InChI=1S/C18H23N3OS.2ClH/c1-12(16-20-14-5-3-4-6-15(14)23-16)21(2)17(22)13-11-18(13)7-9-19-10-8-18;;/h3-6,12-13,19H,7-11H2,1-2H3;2*1H. The van der Waals surface area contributed by atoms with E-state index in [2.05, 4.69) is 18.3 Å². The van der Waals surface area contributed by atoms with Gasteiger partial charge in [-0.15, -0.1) is 36.2 Å². The first-order valence-electron chi connectivity index (χ1n) is 8.44. The predicted octanol–water partition coefficient (Wildman–Crippen LogP) is 4.05. The fourth-order valence-corrected chi connectivity index (χ4v) is 4.91. The van der Waals surface area contributed by atoms with Crippen LogP contribution in [0.2, 0.25) is 0 Å². The number of benzene rings is 1. The molecule has 2 atom stereocenters. The van der Waals surface area contributed by atoms with Gasteiger partial charge in [-0.1, -0.05) is 12.1 Å². The van der Waals surface area contributed by atoms with Gasteiger partial charge in [0.25, 0.3) is 0 Å². The molecule has 1 saturated heterocycles. The van der Waals surface area contributed by atoms with Gasteiger partial charge in [-0.3, -0.25) is 4.79 Å². The Hall–Kier alpha value is -0.880. The second-order valence-electron chi connectivity index (χ2n) is 7.01. The first kappa shape index (κ1) is 20.4. The van der Waals surface area contributed by atoms with Crippen molar-refractivity contribution in [3.8, 4) is 0 Å². The number of hydrogen-bond donors (Lipinski definition) is 1. The van der Waals surface area contributed by atoms with Crippen LogP contribution in [0.3, 0.4) is 0 Å². The number of nitrogens with one attached hydrogen (secondary N) is 1. The number of halogens is 2. The van der Waals surface area contributed by atoms with Crippen LogP contribution < -0.4 is 5.32 Å². The van der Waals surface area contributed by atoms with Crippen LogP contribution in [0, 0.1) is 11.3 Å². The SMILES string of the molecule is CC(c1nc2ccccc2s1)N(C)C(=O)C1CC12CCNCC2.Cl.Cl. The lowest BCUT2D eigenvalue weighted by Gasteiger charge is -2.27. The van der Waals surface area contributed by atoms with Gasteiger partial charge < -0.3 is 10.2 Å². The molecule has 1 aliphatic heterocycles. The van der Waals surface area contributed by atoms with Crippen molar-refractivity contribution in [3.05, 3.63) is 29.3 Å². The van der Waals surface area contributed by atoms with Crippen molar-refractivity contribution in [1.82, 2.24) is 15.2 Å². The van der Waals surface area contributed by atoms with Crippen molar-refractivity contribution in [3.63, 3.8) is 0 Å². The zero-order valence-corrected chi connectivity index (χ0v) is 17.0. The molecule has 4 nitrogen and oxygen atoms in total. The molecule has 0 bridgehead atoms. The van der Waals surface area contributed by atoms with Crippen LogP contribution in [0.1, 0.15) is 37.2 Å². The minimum absolute atomic E-state index is 0. The molecule has 7 heteroatoms. The maximum Gasteiger partial charge on any atom is 0.226 e. The summed E-state index contributed by atoms with van der Waals surface area (Å²) < 4.78 is 1.19. The molecule has 2 aromatic rings. The van der Waals surface area contributed by atoms with Crippen LogP contribution in [-0.4, -0.2) is 35.9 Å². The van der Waals surface area contributed by atoms with E-state index in [4.69, 9.17) is 4.98 Å². The summed E-state index contributed by atoms with van der Waals surface area (Å²) in [5.74, 6) is 0.532. The van der Waals surface area contributed by atoms with E-state index in [1.807, 2.05) is 30.1 Å². The van der Waals surface area contributed by atoms with E-state index in [-0.39, 0.29) is 36.8 Å². The Bertz CT molecular complexity index is 712. The monoisotopic (exact) mass is 401 g/mol. The predicted molar refractivity (Wildman–Crippen MR) is 108 cm³/mol. The summed E-state index contributed by atoms with van der Waals surface area (Å²) in [7, 11) is 1.94. The van der Waals surface area contributed by atoms with Crippen molar-refractivity contribution >= 4 is 52.3 Å². The van der Waals surface area contributed by atoms with E-state index < -0.39 is 0 Å². The molecule has 1 N–H and O–H groups in total. The number of fused-ring (bicyclic) bond motifs is 1. The second kappa shape index (κ2) is 7.78. The lowest BCUT2D eigenvalue weighted by atomic mass is 9.91. The van der Waals surface area contributed by atoms with Crippen molar-refractivity contribution < 1.29 is 4.79 Å². The summed E-state index contributed by atoms with van der Waals surface area (Å²) in [5, 5.41) is 4.43. The van der Waals surface area contributed by atoms with Gasteiger partial charge in [0, 0.05) is 13.0 Å². The third kappa shape index (κ3) is 3.65. The molecule has 1 spiro atoms. The van der Waals surface area contributed by atoms with Gasteiger partial charge in [-0.2, -0.15) is 0 Å². The Kier molecular flexibility index (Phi) is 6.36. The highest BCUT2D eigenvalue weighted by atomic mass is 35.5. The van der Waals surface area contributed by atoms with Crippen LogP contribution in [0.25, 0.3) is 10.2 Å². The first-order chi connectivity index (χ1) is 11.1. The molecular formula is C18H25Cl2N3OS. The van der Waals surface area contributed by atoms with Gasteiger partial charge in [-0.05, 0) is 56.8 Å². The number of aromatic nitrogens is 1. The fraction of sp³-hybridized carbons (Fsp3) is 0.556. The van der Waals surface area contributed by atoms with Gasteiger partial charge in [0.05, 0.1) is 16.3 Å². The van der Waals surface area contributed by atoms with Gasteiger partial charge in [0.2, 0.25) is 5.91 Å². The average Bonchev–Trinajstić information content (AvgIpc) is 3.08. The third-order valence-electron chi connectivity index (χ3n) is 5.68. The summed E-state index contributed by atoms with van der Waals surface area (Å²) in [6, 6.07) is 8.22. The molecule has 138 valence electrons. The van der Waals surface area contributed by atoms with Crippen LogP contribution in [0.5, 0.6) is 0 Å². The highest BCUT2D eigenvalue weighted by Gasteiger charge is 2.58. The van der Waals surface area contributed by atoms with E-state index >= 15 is 0 Å². The van der Waals surface area contributed by atoms with Crippen LogP contribution >= 0.6 is 36.2 Å². The zero-order chi connectivity index (χ0) is 16.0. The van der Waals surface area contributed by atoms with Crippen LogP contribution in [0.15, 0.2) is 24.3 Å². The summed E-state index contributed by atoms with van der Waals surface area (Å²) >= 11 is 1.70. The number of hydrogen-bond acceptors (Lipinski definition) is 4. The quantitative estimate of drug-likeness (QED) is 0.843. The normalized spacial score (nSPS) is 21.9. The number of amides is 1. The molecule has 2 aliphatic rings. The van der Waals surface area contributed by atoms with Crippen LogP contribution in [0.4, 0.5) is 0 Å². The molecule has 0 radical (unpaired) electrons. The van der Waals surface area contributed by atoms with Gasteiger partial charge in [0.15, 0.2) is 0 Å². The Morgan fingerprint density at radius 3 is 2.68 bits per heavy atom. The lowest BCUT2D eigenvalue weighted by Crippen LogP contribution is -2.35. The maximum absolute atomic E-state index is 12.9. The largest absolute Gasteiger partial charge is 0.336 e. The number of carbonyl (C=O) groups is 1. The van der Waals surface area contributed by atoms with E-state index in [1.54, 1.807) is 11.3 Å². The Labute approximate surface area is 165 Å². The molecule has 25 heavy (non-hydrogen) atoms. The Morgan fingerprint density at radius 2 is 2.00 bits per heavy atom. The van der Waals surface area contributed by atoms with Crippen molar-refractivity contribution in [1.29, 1.82) is 0 Å². The van der Waals surface area contributed by atoms with Crippen LogP contribution in [-0.2, 0) is 4.79 Å². The number of para-hydroxylation sites is 1.